The summed E-state index contributed by atoms with van der Waals surface area (Å²) in [5.41, 5.74) is 6.22. The number of hydrogen-bond donors (Lipinski definition) is 2. The zero-order valence-corrected chi connectivity index (χ0v) is 7.29. The molecule has 2 rings (SSSR count). The number of benzene rings is 1. The molecule has 0 aliphatic rings. The number of halogens is 1. The summed E-state index contributed by atoms with van der Waals surface area (Å²) in [5, 5.41) is 7.94. The monoisotopic (exact) mass is 189 g/mol. The van der Waals surface area contributed by atoms with E-state index in [0.717, 1.165) is 0 Å². The highest BCUT2D eigenvalue weighted by Gasteiger charge is 2.06. The minimum atomic E-state index is -0.407. The molecule has 14 heavy (non-hydrogen) atoms. The second-order valence-corrected chi connectivity index (χ2v) is 2.94. The summed E-state index contributed by atoms with van der Waals surface area (Å²) in [5.74, 6) is -0.580. The molecule has 1 heterocycles. The Labute approximate surface area is 79.9 Å². The van der Waals surface area contributed by atoms with Crippen LogP contribution in [0.15, 0.2) is 30.5 Å². The molecule has 0 radical (unpaired) electrons. The first-order valence-electron chi connectivity index (χ1n) is 4.07. The SMILES string of the molecule is N=C(N)c1cc(F)cc2cccnc12. The van der Waals surface area contributed by atoms with Crippen LogP contribution in [0.5, 0.6) is 0 Å². The van der Waals surface area contributed by atoms with Crippen molar-refractivity contribution in [1.82, 2.24) is 4.98 Å². The topological polar surface area (TPSA) is 62.8 Å². The smallest absolute Gasteiger partial charge is 0.125 e. The van der Waals surface area contributed by atoms with Gasteiger partial charge in [0.05, 0.1) is 5.52 Å². The van der Waals surface area contributed by atoms with E-state index in [-0.39, 0.29) is 5.84 Å². The van der Waals surface area contributed by atoms with Crippen molar-refractivity contribution in [2.24, 2.45) is 5.73 Å². The highest BCUT2D eigenvalue weighted by atomic mass is 19.1. The Morgan fingerprint density at radius 3 is 2.93 bits per heavy atom. The lowest BCUT2D eigenvalue weighted by Crippen LogP contribution is -2.12. The maximum absolute atomic E-state index is 13.1. The predicted molar refractivity (Wildman–Crippen MR) is 52.7 cm³/mol. The third-order valence-electron chi connectivity index (χ3n) is 1.96. The lowest BCUT2D eigenvalue weighted by Gasteiger charge is -2.03. The van der Waals surface area contributed by atoms with Gasteiger partial charge in [0.25, 0.3) is 0 Å². The summed E-state index contributed by atoms with van der Waals surface area (Å²) in [6, 6.07) is 6.04. The van der Waals surface area contributed by atoms with Gasteiger partial charge in [-0.25, -0.2) is 4.39 Å². The molecule has 0 spiro atoms. The van der Waals surface area contributed by atoms with Gasteiger partial charge in [0, 0.05) is 17.1 Å². The van der Waals surface area contributed by atoms with E-state index in [1.807, 2.05) is 0 Å². The summed E-state index contributed by atoms with van der Waals surface area (Å²) >= 11 is 0. The molecule has 0 aliphatic carbocycles. The van der Waals surface area contributed by atoms with Gasteiger partial charge < -0.3 is 5.73 Å². The Hall–Kier alpha value is -1.97. The van der Waals surface area contributed by atoms with Crippen LogP contribution >= 0.6 is 0 Å². The number of pyridine rings is 1. The molecule has 0 saturated carbocycles. The van der Waals surface area contributed by atoms with E-state index in [2.05, 4.69) is 4.98 Å². The van der Waals surface area contributed by atoms with E-state index in [0.29, 0.717) is 16.5 Å². The highest BCUT2D eigenvalue weighted by Crippen LogP contribution is 2.17. The van der Waals surface area contributed by atoms with Gasteiger partial charge in [-0.05, 0) is 18.2 Å². The Kier molecular flexibility index (Phi) is 1.89. The summed E-state index contributed by atoms with van der Waals surface area (Å²) < 4.78 is 13.1. The van der Waals surface area contributed by atoms with Crippen molar-refractivity contribution in [1.29, 1.82) is 5.41 Å². The molecule has 0 saturated heterocycles. The van der Waals surface area contributed by atoms with Crippen LogP contribution in [-0.2, 0) is 0 Å². The van der Waals surface area contributed by atoms with Crippen LogP contribution in [0.25, 0.3) is 10.9 Å². The van der Waals surface area contributed by atoms with Crippen LogP contribution in [0.1, 0.15) is 5.56 Å². The number of fused-ring (bicyclic) bond motifs is 1. The fourth-order valence-corrected chi connectivity index (χ4v) is 1.36. The number of aromatic nitrogens is 1. The van der Waals surface area contributed by atoms with E-state index in [9.17, 15) is 4.39 Å². The van der Waals surface area contributed by atoms with Crippen LogP contribution in [0.2, 0.25) is 0 Å². The average molecular weight is 189 g/mol. The van der Waals surface area contributed by atoms with E-state index >= 15 is 0 Å². The van der Waals surface area contributed by atoms with Gasteiger partial charge in [0.15, 0.2) is 0 Å². The average Bonchev–Trinajstić information content (AvgIpc) is 2.16. The minimum absolute atomic E-state index is 0.173. The fourth-order valence-electron chi connectivity index (χ4n) is 1.36. The van der Waals surface area contributed by atoms with E-state index in [1.54, 1.807) is 18.3 Å². The van der Waals surface area contributed by atoms with Crippen molar-refractivity contribution in [2.75, 3.05) is 0 Å². The maximum Gasteiger partial charge on any atom is 0.125 e. The number of amidine groups is 1. The first kappa shape index (κ1) is 8.62. The Morgan fingerprint density at radius 2 is 2.21 bits per heavy atom. The number of hydrogen-bond acceptors (Lipinski definition) is 2. The van der Waals surface area contributed by atoms with Crippen molar-refractivity contribution < 1.29 is 4.39 Å². The van der Waals surface area contributed by atoms with Gasteiger partial charge in [-0.15, -0.1) is 0 Å². The molecular formula is C10H8FN3. The van der Waals surface area contributed by atoms with Crippen molar-refractivity contribution in [2.45, 2.75) is 0 Å². The third kappa shape index (κ3) is 1.31. The maximum atomic E-state index is 13.1. The molecule has 3 nitrogen and oxygen atoms in total. The van der Waals surface area contributed by atoms with Gasteiger partial charge in [0.1, 0.15) is 11.7 Å². The van der Waals surface area contributed by atoms with Crippen molar-refractivity contribution in [3.8, 4) is 0 Å². The van der Waals surface area contributed by atoms with E-state index in [4.69, 9.17) is 11.1 Å². The molecule has 1 aromatic carbocycles. The Balaban J connectivity index is 2.87. The molecule has 70 valence electrons. The van der Waals surface area contributed by atoms with Gasteiger partial charge in [-0.3, -0.25) is 10.4 Å². The summed E-state index contributed by atoms with van der Waals surface area (Å²) in [4.78, 5) is 4.06. The number of nitrogens with one attached hydrogen (secondary N) is 1. The van der Waals surface area contributed by atoms with Gasteiger partial charge >= 0.3 is 0 Å². The molecular weight excluding hydrogens is 181 g/mol. The fraction of sp³-hybridized carbons (Fsp3) is 0. The van der Waals surface area contributed by atoms with E-state index < -0.39 is 5.82 Å². The van der Waals surface area contributed by atoms with Crippen molar-refractivity contribution in [3.05, 3.63) is 41.8 Å². The zero-order chi connectivity index (χ0) is 10.1. The molecule has 1 aromatic heterocycles. The molecule has 2 aromatic rings. The molecule has 0 bridgehead atoms. The molecule has 4 heteroatoms. The third-order valence-corrected chi connectivity index (χ3v) is 1.96. The van der Waals surface area contributed by atoms with Gasteiger partial charge in [-0.2, -0.15) is 0 Å². The van der Waals surface area contributed by atoms with E-state index in [1.165, 1.54) is 12.1 Å². The summed E-state index contributed by atoms with van der Waals surface area (Å²) in [7, 11) is 0. The van der Waals surface area contributed by atoms with Crippen LogP contribution in [-0.4, -0.2) is 10.8 Å². The Morgan fingerprint density at radius 1 is 1.43 bits per heavy atom. The van der Waals surface area contributed by atoms with Crippen LogP contribution in [0.3, 0.4) is 0 Å². The number of nitrogen functional groups attached to an aromatic ring is 1. The van der Waals surface area contributed by atoms with Crippen LogP contribution in [0.4, 0.5) is 4.39 Å². The second kappa shape index (κ2) is 3.06. The molecule has 3 N–H and O–H groups in total. The van der Waals surface area contributed by atoms with Gasteiger partial charge in [0.2, 0.25) is 0 Å². The lowest BCUT2D eigenvalue weighted by molar-refractivity contribution is 0.629. The molecule has 0 unspecified atom stereocenters. The number of nitrogens with two attached hydrogens (primary N) is 1. The summed E-state index contributed by atoms with van der Waals surface area (Å²) in [6.07, 6.45) is 1.59. The molecule has 0 fully saturated rings. The second-order valence-electron chi connectivity index (χ2n) is 2.94. The normalized spacial score (nSPS) is 10.4. The minimum Gasteiger partial charge on any atom is -0.384 e. The number of nitrogens with zero attached hydrogens (tertiary/aromatic N) is 1. The Bertz CT molecular complexity index is 508. The quantitative estimate of drug-likeness (QED) is 0.529. The predicted octanol–water partition coefficient (Wildman–Crippen LogP) is 1.66. The van der Waals surface area contributed by atoms with Crippen LogP contribution < -0.4 is 5.73 Å². The standard InChI is InChI=1S/C10H8FN3/c11-7-4-6-2-1-3-14-9(6)8(5-7)10(12)13/h1-5H,(H3,12,13). The number of rotatable bonds is 1. The van der Waals surface area contributed by atoms with Crippen LogP contribution in [0, 0.1) is 11.2 Å². The lowest BCUT2D eigenvalue weighted by atomic mass is 10.1. The van der Waals surface area contributed by atoms with Gasteiger partial charge in [-0.1, -0.05) is 6.07 Å². The largest absolute Gasteiger partial charge is 0.384 e. The summed E-state index contributed by atoms with van der Waals surface area (Å²) in [6.45, 7) is 0. The molecule has 0 atom stereocenters. The molecule has 0 amide bonds. The first-order chi connectivity index (χ1) is 6.68. The van der Waals surface area contributed by atoms with Crippen molar-refractivity contribution >= 4 is 16.7 Å². The zero-order valence-electron chi connectivity index (χ0n) is 7.29. The molecule has 0 aliphatic heterocycles. The highest BCUT2D eigenvalue weighted by molar-refractivity contribution is 6.05. The first-order valence-corrected chi connectivity index (χ1v) is 4.07. The van der Waals surface area contributed by atoms with Crippen molar-refractivity contribution in [3.63, 3.8) is 0 Å².